The molecule has 4 heteroatoms. The number of aryl methyl sites for hydroxylation is 3. The number of para-hydroxylation sites is 2. The van der Waals surface area contributed by atoms with Crippen molar-refractivity contribution >= 4 is 22.6 Å². The number of amides is 1. The average Bonchev–Trinajstić information content (AvgIpc) is 3.08. The highest BCUT2D eigenvalue weighted by molar-refractivity contribution is 5.92. The van der Waals surface area contributed by atoms with Gasteiger partial charge in [0.1, 0.15) is 12.4 Å². The molecule has 0 aliphatic rings. The van der Waals surface area contributed by atoms with Crippen LogP contribution < -0.4 is 5.32 Å². The van der Waals surface area contributed by atoms with E-state index in [-0.39, 0.29) is 12.5 Å². The largest absolute Gasteiger partial charge is 0.324 e. The monoisotopic (exact) mass is 383 g/mol. The zero-order chi connectivity index (χ0) is 20.2. The number of hydrogen-bond acceptors (Lipinski definition) is 2. The Morgan fingerprint density at radius 1 is 0.897 bits per heavy atom. The molecule has 0 atom stereocenters. The first kappa shape index (κ1) is 18.9. The van der Waals surface area contributed by atoms with Crippen molar-refractivity contribution in [2.24, 2.45) is 0 Å². The molecule has 0 aliphatic carbocycles. The van der Waals surface area contributed by atoms with Crippen LogP contribution in [0.5, 0.6) is 0 Å². The minimum absolute atomic E-state index is 0.0391. The minimum atomic E-state index is -0.0391. The zero-order valence-electron chi connectivity index (χ0n) is 16.9. The molecule has 0 radical (unpaired) electrons. The summed E-state index contributed by atoms with van der Waals surface area (Å²) in [4.78, 5) is 17.7. The number of nitrogens with one attached hydrogen (secondary N) is 1. The predicted octanol–water partition coefficient (Wildman–Crippen LogP) is 5.08. The molecule has 1 heterocycles. The Bertz CT molecular complexity index is 1150. The van der Waals surface area contributed by atoms with E-state index in [1.807, 2.05) is 54.0 Å². The Morgan fingerprint density at radius 2 is 1.66 bits per heavy atom. The van der Waals surface area contributed by atoms with Gasteiger partial charge in [-0.3, -0.25) is 4.79 Å². The van der Waals surface area contributed by atoms with E-state index in [4.69, 9.17) is 4.98 Å². The van der Waals surface area contributed by atoms with Crippen LogP contribution in [0.4, 0.5) is 5.69 Å². The lowest BCUT2D eigenvalue weighted by Crippen LogP contribution is -2.21. The Morgan fingerprint density at radius 3 is 2.48 bits per heavy atom. The first-order chi connectivity index (χ1) is 14.1. The van der Waals surface area contributed by atoms with E-state index in [2.05, 4.69) is 42.6 Å². The van der Waals surface area contributed by atoms with E-state index in [1.54, 1.807) is 0 Å². The minimum Gasteiger partial charge on any atom is -0.324 e. The highest BCUT2D eigenvalue weighted by atomic mass is 16.1. The molecule has 146 valence electrons. The second kappa shape index (κ2) is 8.31. The molecule has 4 rings (SSSR count). The van der Waals surface area contributed by atoms with Gasteiger partial charge in [0.15, 0.2) is 0 Å². The number of fused-ring (bicyclic) bond motifs is 1. The number of hydrogen-bond donors (Lipinski definition) is 1. The van der Waals surface area contributed by atoms with E-state index in [0.29, 0.717) is 0 Å². The SMILES string of the molecule is Cc1cccc(NC(=O)Cn2c(CCc3ccccc3)nc3ccccc32)c1C. The average molecular weight is 383 g/mol. The van der Waals surface area contributed by atoms with Gasteiger partial charge < -0.3 is 9.88 Å². The normalized spacial score (nSPS) is 11.0. The van der Waals surface area contributed by atoms with Crippen molar-refractivity contribution in [1.29, 1.82) is 0 Å². The number of aromatic nitrogens is 2. The molecule has 0 fully saturated rings. The van der Waals surface area contributed by atoms with Crippen LogP contribution in [0.15, 0.2) is 72.8 Å². The van der Waals surface area contributed by atoms with Gasteiger partial charge in [-0.2, -0.15) is 0 Å². The topological polar surface area (TPSA) is 46.9 Å². The number of rotatable bonds is 6. The molecule has 29 heavy (non-hydrogen) atoms. The standard InChI is InChI=1S/C25H25N3O/c1-18-9-8-13-21(19(18)2)27-25(29)17-28-23-14-7-6-12-22(23)26-24(28)16-15-20-10-4-3-5-11-20/h3-14H,15-17H2,1-2H3,(H,27,29). The molecule has 0 saturated heterocycles. The summed E-state index contributed by atoms with van der Waals surface area (Å²) < 4.78 is 2.04. The summed E-state index contributed by atoms with van der Waals surface area (Å²) in [5, 5.41) is 3.07. The second-order valence-corrected chi connectivity index (χ2v) is 7.38. The lowest BCUT2D eigenvalue weighted by molar-refractivity contribution is -0.116. The summed E-state index contributed by atoms with van der Waals surface area (Å²) in [5.74, 6) is 0.897. The fraction of sp³-hybridized carbons (Fsp3) is 0.200. The molecule has 1 aromatic heterocycles. The van der Waals surface area contributed by atoms with Gasteiger partial charge in [-0.1, -0.05) is 54.6 Å². The molecule has 0 unspecified atom stereocenters. The third kappa shape index (κ3) is 4.21. The number of carbonyl (C=O) groups is 1. The van der Waals surface area contributed by atoms with Crippen LogP contribution >= 0.6 is 0 Å². The summed E-state index contributed by atoms with van der Waals surface area (Å²) in [6, 6.07) is 24.3. The Kier molecular flexibility index (Phi) is 5.43. The van der Waals surface area contributed by atoms with Crippen molar-refractivity contribution < 1.29 is 4.79 Å². The second-order valence-electron chi connectivity index (χ2n) is 7.38. The molecule has 1 N–H and O–H groups in total. The molecular weight excluding hydrogens is 358 g/mol. The lowest BCUT2D eigenvalue weighted by atomic mass is 10.1. The summed E-state index contributed by atoms with van der Waals surface area (Å²) in [7, 11) is 0. The smallest absolute Gasteiger partial charge is 0.244 e. The highest BCUT2D eigenvalue weighted by Gasteiger charge is 2.14. The van der Waals surface area contributed by atoms with Gasteiger partial charge in [0.05, 0.1) is 11.0 Å². The summed E-state index contributed by atoms with van der Waals surface area (Å²) in [6.07, 6.45) is 1.68. The van der Waals surface area contributed by atoms with Crippen molar-refractivity contribution in [2.75, 3.05) is 5.32 Å². The number of anilines is 1. The third-order valence-corrected chi connectivity index (χ3v) is 5.39. The molecule has 1 amide bonds. The van der Waals surface area contributed by atoms with Gasteiger partial charge in [-0.05, 0) is 55.2 Å². The van der Waals surface area contributed by atoms with E-state index in [1.165, 1.54) is 11.1 Å². The van der Waals surface area contributed by atoms with Gasteiger partial charge in [0, 0.05) is 12.1 Å². The third-order valence-electron chi connectivity index (χ3n) is 5.39. The van der Waals surface area contributed by atoms with Crippen LogP contribution in [0.2, 0.25) is 0 Å². The van der Waals surface area contributed by atoms with Gasteiger partial charge in [-0.15, -0.1) is 0 Å². The molecule has 0 saturated carbocycles. The van der Waals surface area contributed by atoms with Crippen LogP contribution in [0.3, 0.4) is 0 Å². The molecular formula is C25H25N3O. The van der Waals surface area contributed by atoms with Gasteiger partial charge in [-0.25, -0.2) is 4.98 Å². The molecule has 4 aromatic rings. The Labute approximate surface area is 171 Å². The van der Waals surface area contributed by atoms with Crippen molar-refractivity contribution in [3.05, 3.63) is 95.3 Å². The molecule has 0 aliphatic heterocycles. The van der Waals surface area contributed by atoms with Gasteiger partial charge in [0.2, 0.25) is 5.91 Å². The molecule has 0 bridgehead atoms. The van der Waals surface area contributed by atoms with Gasteiger partial charge in [0.25, 0.3) is 0 Å². The van der Waals surface area contributed by atoms with Crippen molar-refractivity contribution in [1.82, 2.24) is 9.55 Å². The highest BCUT2D eigenvalue weighted by Crippen LogP contribution is 2.20. The van der Waals surface area contributed by atoms with Crippen molar-refractivity contribution in [3.63, 3.8) is 0 Å². The maximum Gasteiger partial charge on any atom is 0.244 e. The molecule has 4 nitrogen and oxygen atoms in total. The predicted molar refractivity (Wildman–Crippen MR) is 118 cm³/mol. The number of benzene rings is 3. The van der Waals surface area contributed by atoms with E-state index >= 15 is 0 Å². The van der Waals surface area contributed by atoms with Crippen LogP contribution in [0.25, 0.3) is 11.0 Å². The lowest BCUT2D eigenvalue weighted by Gasteiger charge is -2.13. The first-order valence-electron chi connectivity index (χ1n) is 9.96. The van der Waals surface area contributed by atoms with Crippen LogP contribution in [0.1, 0.15) is 22.5 Å². The summed E-state index contributed by atoms with van der Waals surface area (Å²) in [5.41, 5.74) is 6.32. The zero-order valence-corrected chi connectivity index (χ0v) is 16.9. The van der Waals surface area contributed by atoms with Crippen molar-refractivity contribution in [2.45, 2.75) is 33.2 Å². The summed E-state index contributed by atoms with van der Waals surface area (Å²) >= 11 is 0. The fourth-order valence-electron chi connectivity index (χ4n) is 3.61. The maximum atomic E-state index is 12.9. The van der Waals surface area contributed by atoms with E-state index in [9.17, 15) is 4.79 Å². The number of carbonyl (C=O) groups excluding carboxylic acids is 1. The Hall–Kier alpha value is -3.40. The van der Waals surface area contributed by atoms with E-state index in [0.717, 1.165) is 41.0 Å². The quantitative estimate of drug-likeness (QED) is 0.505. The number of nitrogens with zero attached hydrogens (tertiary/aromatic N) is 2. The Balaban J connectivity index is 1.58. The van der Waals surface area contributed by atoms with Crippen LogP contribution in [-0.2, 0) is 24.2 Å². The van der Waals surface area contributed by atoms with Crippen LogP contribution in [-0.4, -0.2) is 15.5 Å². The fourth-order valence-corrected chi connectivity index (χ4v) is 3.61. The van der Waals surface area contributed by atoms with Gasteiger partial charge >= 0.3 is 0 Å². The van der Waals surface area contributed by atoms with Crippen LogP contribution in [0, 0.1) is 13.8 Å². The first-order valence-corrected chi connectivity index (χ1v) is 9.96. The maximum absolute atomic E-state index is 12.9. The molecule has 3 aromatic carbocycles. The molecule has 0 spiro atoms. The number of imidazole rings is 1. The summed E-state index contributed by atoms with van der Waals surface area (Å²) in [6.45, 7) is 4.33. The van der Waals surface area contributed by atoms with Crippen molar-refractivity contribution in [3.8, 4) is 0 Å². The van der Waals surface area contributed by atoms with E-state index < -0.39 is 0 Å².